The van der Waals surface area contributed by atoms with Crippen LogP contribution < -0.4 is 11.1 Å². The van der Waals surface area contributed by atoms with Crippen molar-refractivity contribution in [3.8, 4) is 0 Å². The molecule has 0 saturated carbocycles. The lowest BCUT2D eigenvalue weighted by molar-refractivity contribution is -0.116. The molecule has 5 heteroatoms. The molecule has 1 aliphatic heterocycles. The van der Waals surface area contributed by atoms with E-state index < -0.39 is 0 Å². The molecule has 110 valence electrons. The van der Waals surface area contributed by atoms with Crippen LogP contribution in [0.2, 0.25) is 5.02 Å². The third-order valence-electron chi connectivity index (χ3n) is 3.70. The Hall–Kier alpha value is -1.26. The molecule has 3 N–H and O–H groups in total. The summed E-state index contributed by atoms with van der Waals surface area (Å²) in [6.45, 7) is 7.46. The van der Waals surface area contributed by atoms with Crippen LogP contribution in [0, 0.1) is 5.41 Å². The number of nitrogens with zero attached hydrogens (tertiary/aromatic N) is 1. The summed E-state index contributed by atoms with van der Waals surface area (Å²) in [6.07, 6.45) is 1.68. The fourth-order valence-corrected chi connectivity index (χ4v) is 2.72. The number of nitrogens with one attached hydrogen (secondary N) is 1. The van der Waals surface area contributed by atoms with Gasteiger partial charge in [0.15, 0.2) is 0 Å². The average molecular weight is 296 g/mol. The highest BCUT2D eigenvalue weighted by atomic mass is 35.5. The van der Waals surface area contributed by atoms with Crippen molar-refractivity contribution < 1.29 is 4.79 Å². The van der Waals surface area contributed by atoms with Crippen LogP contribution in [0.3, 0.4) is 0 Å². The largest absolute Gasteiger partial charge is 0.397 e. The topological polar surface area (TPSA) is 58.4 Å². The van der Waals surface area contributed by atoms with Gasteiger partial charge in [-0.3, -0.25) is 4.79 Å². The van der Waals surface area contributed by atoms with E-state index in [1.807, 2.05) is 0 Å². The second-order valence-electron chi connectivity index (χ2n) is 6.22. The minimum atomic E-state index is -0.0104. The van der Waals surface area contributed by atoms with Gasteiger partial charge in [0.25, 0.3) is 0 Å². The Morgan fingerprint density at radius 2 is 2.25 bits per heavy atom. The number of carbonyl (C=O) groups is 1. The molecule has 1 amide bonds. The first-order valence-corrected chi connectivity index (χ1v) is 7.31. The van der Waals surface area contributed by atoms with Gasteiger partial charge in [-0.25, -0.2) is 0 Å². The smallest absolute Gasteiger partial charge is 0.225 e. The molecule has 0 radical (unpaired) electrons. The summed E-state index contributed by atoms with van der Waals surface area (Å²) >= 11 is 5.83. The van der Waals surface area contributed by atoms with Crippen molar-refractivity contribution in [2.24, 2.45) is 5.41 Å². The summed E-state index contributed by atoms with van der Waals surface area (Å²) in [5.74, 6) is -0.0104. The van der Waals surface area contributed by atoms with E-state index >= 15 is 0 Å². The Bertz CT molecular complexity index is 502. The van der Waals surface area contributed by atoms with E-state index in [0.717, 1.165) is 19.6 Å². The number of amides is 1. The van der Waals surface area contributed by atoms with Crippen LogP contribution >= 0.6 is 11.6 Å². The van der Waals surface area contributed by atoms with E-state index in [1.165, 1.54) is 6.42 Å². The molecule has 0 spiro atoms. The highest BCUT2D eigenvalue weighted by Crippen LogP contribution is 2.28. The fourth-order valence-electron chi connectivity index (χ4n) is 2.53. The minimum absolute atomic E-state index is 0.0104. The number of nitrogens with two attached hydrogens (primary N) is 1. The Kier molecular flexibility index (Phi) is 4.55. The predicted molar refractivity (Wildman–Crippen MR) is 83.9 cm³/mol. The summed E-state index contributed by atoms with van der Waals surface area (Å²) in [7, 11) is 0. The molecular formula is C15H22ClN3O. The summed E-state index contributed by atoms with van der Waals surface area (Å²) in [4.78, 5) is 14.3. The molecule has 0 bridgehead atoms. The third kappa shape index (κ3) is 4.12. The van der Waals surface area contributed by atoms with Crippen molar-refractivity contribution >= 4 is 28.9 Å². The number of anilines is 2. The Labute approximate surface area is 125 Å². The van der Waals surface area contributed by atoms with Crippen LogP contribution in [0.1, 0.15) is 26.7 Å². The number of likely N-dealkylation sites (tertiary alicyclic amines) is 1. The van der Waals surface area contributed by atoms with Crippen molar-refractivity contribution in [1.82, 2.24) is 4.90 Å². The van der Waals surface area contributed by atoms with Gasteiger partial charge in [0.1, 0.15) is 0 Å². The molecular weight excluding hydrogens is 274 g/mol. The summed E-state index contributed by atoms with van der Waals surface area (Å²) in [5, 5.41) is 3.40. The van der Waals surface area contributed by atoms with Crippen LogP contribution in [-0.2, 0) is 4.79 Å². The van der Waals surface area contributed by atoms with Gasteiger partial charge in [0, 0.05) is 24.5 Å². The van der Waals surface area contributed by atoms with Crippen LogP contribution in [0.15, 0.2) is 18.2 Å². The molecule has 1 aromatic rings. The Morgan fingerprint density at radius 1 is 1.50 bits per heavy atom. The standard InChI is InChI=1S/C15H22ClN3O/c1-15(2)6-8-19(10-15)7-5-14(20)18-13-4-3-11(16)9-12(13)17/h3-4,9H,5-8,10,17H2,1-2H3,(H,18,20). The molecule has 0 aliphatic carbocycles. The first kappa shape index (κ1) is 15.1. The average Bonchev–Trinajstić information content (AvgIpc) is 2.70. The van der Waals surface area contributed by atoms with Crippen molar-refractivity contribution in [2.75, 3.05) is 30.7 Å². The quantitative estimate of drug-likeness (QED) is 0.840. The van der Waals surface area contributed by atoms with E-state index in [9.17, 15) is 4.79 Å². The predicted octanol–water partition coefficient (Wildman–Crippen LogP) is 2.98. The minimum Gasteiger partial charge on any atom is -0.397 e. The van der Waals surface area contributed by atoms with E-state index in [1.54, 1.807) is 18.2 Å². The first-order valence-electron chi connectivity index (χ1n) is 6.93. The number of halogens is 1. The molecule has 1 aromatic carbocycles. The van der Waals surface area contributed by atoms with Gasteiger partial charge in [-0.05, 0) is 36.6 Å². The number of carbonyl (C=O) groups excluding carboxylic acids is 1. The van der Waals surface area contributed by atoms with Gasteiger partial charge in [0.2, 0.25) is 5.91 Å². The van der Waals surface area contributed by atoms with E-state index in [4.69, 9.17) is 17.3 Å². The highest BCUT2D eigenvalue weighted by molar-refractivity contribution is 6.31. The summed E-state index contributed by atoms with van der Waals surface area (Å²) < 4.78 is 0. The zero-order valence-electron chi connectivity index (χ0n) is 12.1. The van der Waals surface area contributed by atoms with E-state index in [2.05, 4.69) is 24.1 Å². The molecule has 1 fully saturated rings. The van der Waals surface area contributed by atoms with Gasteiger partial charge < -0.3 is 16.0 Å². The van der Waals surface area contributed by atoms with Crippen molar-refractivity contribution in [3.05, 3.63) is 23.2 Å². The normalized spacial score (nSPS) is 18.1. The van der Waals surface area contributed by atoms with Gasteiger partial charge in [-0.15, -0.1) is 0 Å². The van der Waals surface area contributed by atoms with Crippen molar-refractivity contribution in [1.29, 1.82) is 0 Å². The maximum atomic E-state index is 11.9. The maximum Gasteiger partial charge on any atom is 0.225 e. The summed E-state index contributed by atoms with van der Waals surface area (Å²) in [6, 6.07) is 5.09. The molecule has 1 heterocycles. The van der Waals surface area contributed by atoms with Crippen molar-refractivity contribution in [2.45, 2.75) is 26.7 Å². The van der Waals surface area contributed by atoms with Gasteiger partial charge in [0.05, 0.1) is 11.4 Å². The molecule has 20 heavy (non-hydrogen) atoms. The Morgan fingerprint density at radius 3 is 2.85 bits per heavy atom. The van der Waals surface area contributed by atoms with Crippen LogP contribution in [0.5, 0.6) is 0 Å². The molecule has 4 nitrogen and oxygen atoms in total. The highest BCUT2D eigenvalue weighted by Gasteiger charge is 2.28. The van der Waals surface area contributed by atoms with Gasteiger partial charge >= 0.3 is 0 Å². The molecule has 1 saturated heterocycles. The van der Waals surface area contributed by atoms with Gasteiger partial charge in [-0.2, -0.15) is 0 Å². The summed E-state index contributed by atoms with van der Waals surface area (Å²) in [5.41, 5.74) is 7.31. The number of hydrogen-bond donors (Lipinski definition) is 2. The molecule has 0 aromatic heterocycles. The second-order valence-corrected chi connectivity index (χ2v) is 6.66. The lowest BCUT2D eigenvalue weighted by Gasteiger charge is -2.19. The van der Waals surface area contributed by atoms with Crippen LogP contribution in [-0.4, -0.2) is 30.4 Å². The molecule has 0 atom stereocenters. The third-order valence-corrected chi connectivity index (χ3v) is 3.93. The SMILES string of the molecule is CC1(C)CCN(CCC(=O)Nc2ccc(Cl)cc2N)C1. The number of nitrogen functional groups attached to an aromatic ring is 1. The fraction of sp³-hybridized carbons (Fsp3) is 0.533. The number of rotatable bonds is 4. The van der Waals surface area contributed by atoms with Crippen molar-refractivity contribution in [3.63, 3.8) is 0 Å². The number of hydrogen-bond acceptors (Lipinski definition) is 3. The Balaban J connectivity index is 1.81. The second kappa shape index (κ2) is 6.02. The van der Waals surface area contributed by atoms with Crippen LogP contribution in [0.4, 0.5) is 11.4 Å². The zero-order chi connectivity index (χ0) is 14.8. The monoisotopic (exact) mass is 295 g/mol. The van der Waals surface area contributed by atoms with Gasteiger partial charge in [-0.1, -0.05) is 25.4 Å². The molecule has 1 aliphatic rings. The lowest BCUT2D eigenvalue weighted by Crippen LogP contribution is -2.27. The first-order chi connectivity index (χ1) is 9.35. The number of benzene rings is 1. The van der Waals surface area contributed by atoms with E-state index in [0.29, 0.717) is 28.2 Å². The molecule has 0 unspecified atom stereocenters. The molecule has 2 rings (SSSR count). The lowest BCUT2D eigenvalue weighted by atomic mass is 9.93. The van der Waals surface area contributed by atoms with E-state index in [-0.39, 0.29) is 5.91 Å². The maximum absolute atomic E-state index is 11.9. The van der Waals surface area contributed by atoms with Crippen LogP contribution in [0.25, 0.3) is 0 Å². The zero-order valence-corrected chi connectivity index (χ0v) is 12.8.